The lowest BCUT2D eigenvalue weighted by Crippen LogP contribution is -2.17. The van der Waals surface area contributed by atoms with Gasteiger partial charge in [0.25, 0.3) is 0 Å². The molecule has 0 amide bonds. The molecular weight excluding hydrogens is 250 g/mol. The van der Waals surface area contributed by atoms with Crippen molar-refractivity contribution in [2.75, 3.05) is 18.5 Å². The number of halogens is 1. The largest absolute Gasteiger partial charge is 0.439 e. The molecule has 18 heavy (non-hydrogen) atoms. The molecule has 0 aliphatic heterocycles. The van der Waals surface area contributed by atoms with Gasteiger partial charge >= 0.3 is 0 Å². The van der Waals surface area contributed by atoms with Crippen molar-refractivity contribution in [1.82, 2.24) is 9.97 Å². The Morgan fingerprint density at radius 1 is 1.28 bits per heavy atom. The number of nitrogens with zero attached hydrogens (tertiary/aromatic N) is 3. The zero-order valence-electron chi connectivity index (χ0n) is 10.3. The van der Waals surface area contributed by atoms with Crippen molar-refractivity contribution in [3.8, 4) is 11.6 Å². The number of benzene rings is 1. The smallest absolute Gasteiger partial charge is 0.224 e. The molecule has 2 rings (SSSR count). The lowest BCUT2D eigenvalue weighted by Gasteiger charge is -2.15. The molecule has 1 heterocycles. The quantitative estimate of drug-likeness (QED) is 0.848. The molecule has 0 N–H and O–H groups in total. The van der Waals surface area contributed by atoms with E-state index in [0.29, 0.717) is 16.7 Å². The van der Waals surface area contributed by atoms with Gasteiger partial charge in [-0.3, -0.25) is 0 Å². The lowest BCUT2D eigenvalue weighted by molar-refractivity contribution is 0.461. The van der Waals surface area contributed by atoms with E-state index in [1.165, 1.54) is 6.33 Å². The van der Waals surface area contributed by atoms with Crippen molar-refractivity contribution in [3.63, 3.8) is 0 Å². The van der Waals surface area contributed by atoms with Crippen LogP contribution in [0.15, 0.2) is 36.7 Å². The predicted molar refractivity (Wildman–Crippen MR) is 72.5 cm³/mol. The van der Waals surface area contributed by atoms with Gasteiger partial charge in [-0.2, -0.15) is 0 Å². The highest BCUT2D eigenvalue weighted by molar-refractivity contribution is 6.30. The van der Waals surface area contributed by atoms with E-state index >= 15 is 0 Å². The van der Waals surface area contributed by atoms with E-state index in [-0.39, 0.29) is 0 Å². The van der Waals surface area contributed by atoms with Gasteiger partial charge in [-0.25, -0.2) is 9.97 Å². The highest BCUT2D eigenvalue weighted by Gasteiger charge is 2.04. The molecule has 0 bridgehead atoms. The molecule has 5 heteroatoms. The minimum atomic E-state index is 0.502. The highest BCUT2D eigenvalue weighted by Crippen LogP contribution is 2.24. The Balaban J connectivity index is 2.19. The summed E-state index contributed by atoms with van der Waals surface area (Å²) in [4.78, 5) is 10.3. The van der Waals surface area contributed by atoms with Crippen LogP contribution in [0.2, 0.25) is 5.02 Å². The summed E-state index contributed by atoms with van der Waals surface area (Å²) in [5.74, 6) is 1.98. The molecular formula is C13H14ClN3O. The second-order valence-corrected chi connectivity index (χ2v) is 4.22. The van der Waals surface area contributed by atoms with Crippen LogP contribution < -0.4 is 9.64 Å². The Kier molecular flexibility index (Phi) is 3.99. The van der Waals surface area contributed by atoms with Gasteiger partial charge in [-0.15, -0.1) is 0 Å². The summed E-state index contributed by atoms with van der Waals surface area (Å²) in [7, 11) is 1.96. The standard InChI is InChI=1S/C13H14ClN3O/c1-3-17(2)12-8-13(16-9-15-12)18-11-6-4-5-10(14)7-11/h4-9H,3H2,1-2H3. The number of ether oxygens (including phenoxy) is 1. The summed E-state index contributed by atoms with van der Waals surface area (Å²) in [6.45, 7) is 2.92. The monoisotopic (exact) mass is 263 g/mol. The zero-order valence-corrected chi connectivity index (χ0v) is 11.1. The molecule has 0 saturated carbocycles. The molecule has 4 nitrogen and oxygen atoms in total. The fraction of sp³-hybridized carbons (Fsp3) is 0.231. The molecule has 0 unspecified atom stereocenters. The van der Waals surface area contributed by atoms with Crippen molar-refractivity contribution in [2.24, 2.45) is 0 Å². The summed E-state index contributed by atoms with van der Waals surface area (Å²) in [6.07, 6.45) is 1.49. The first-order chi connectivity index (χ1) is 8.69. The Hall–Kier alpha value is -1.81. The second kappa shape index (κ2) is 5.69. The normalized spacial score (nSPS) is 10.2. The van der Waals surface area contributed by atoms with Gasteiger partial charge in [0.1, 0.15) is 17.9 Å². The van der Waals surface area contributed by atoms with Crippen LogP contribution in [0.3, 0.4) is 0 Å². The summed E-state index contributed by atoms with van der Waals surface area (Å²) >= 11 is 5.89. The predicted octanol–water partition coefficient (Wildman–Crippen LogP) is 3.38. The number of hydrogen-bond acceptors (Lipinski definition) is 4. The van der Waals surface area contributed by atoms with E-state index in [4.69, 9.17) is 16.3 Å². The second-order valence-electron chi connectivity index (χ2n) is 3.79. The minimum absolute atomic E-state index is 0.502. The number of hydrogen-bond donors (Lipinski definition) is 0. The maximum atomic E-state index is 5.89. The van der Waals surface area contributed by atoms with Crippen LogP contribution in [0.25, 0.3) is 0 Å². The minimum Gasteiger partial charge on any atom is -0.439 e. The topological polar surface area (TPSA) is 38.2 Å². The van der Waals surface area contributed by atoms with Gasteiger partial charge in [0.05, 0.1) is 0 Å². The van der Waals surface area contributed by atoms with Gasteiger partial charge in [-0.1, -0.05) is 17.7 Å². The molecule has 0 radical (unpaired) electrons. The molecule has 94 valence electrons. The Morgan fingerprint density at radius 3 is 2.83 bits per heavy atom. The van der Waals surface area contributed by atoms with Gasteiger partial charge in [0, 0.05) is 24.7 Å². The van der Waals surface area contributed by atoms with E-state index in [9.17, 15) is 0 Å². The van der Waals surface area contributed by atoms with Gasteiger partial charge < -0.3 is 9.64 Å². The molecule has 0 fully saturated rings. The lowest BCUT2D eigenvalue weighted by atomic mass is 10.3. The van der Waals surface area contributed by atoms with Crippen LogP contribution >= 0.6 is 11.6 Å². The van der Waals surface area contributed by atoms with Gasteiger partial charge in [-0.05, 0) is 25.1 Å². The molecule has 2 aromatic rings. The highest BCUT2D eigenvalue weighted by atomic mass is 35.5. The average Bonchev–Trinajstić information content (AvgIpc) is 2.38. The van der Waals surface area contributed by atoms with Crippen molar-refractivity contribution in [1.29, 1.82) is 0 Å². The van der Waals surface area contributed by atoms with Crippen molar-refractivity contribution < 1.29 is 4.74 Å². The number of anilines is 1. The summed E-state index contributed by atoms with van der Waals surface area (Å²) in [5, 5.41) is 0.632. The maximum absolute atomic E-state index is 5.89. The molecule has 0 spiro atoms. The van der Waals surface area contributed by atoms with E-state index in [1.807, 2.05) is 24.1 Å². The van der Waals surface area contributed by atoms with Gasteiger partial charge in [0.15, 0.2) is 0 Å². The molecule has 0 aliphatic rings. The molecule has 1 aromatic heterocycles. The molecule has 0 aliphatic carbocycles. The maximum Gasteiger partial charge on any atom is 0.224 e. The van der Waals surface area contributed by atoms with E-state index in [1.54, 1.807) is 18.2 Å². The summed E-state index contributed by atoms with van der Waals surface area (Å²) in [5.41, 5.74) is 0. The van der Waals surface area contributed by atoms with Crippen molar-refractivity contribution in [3.05, 3.63) is 41.7 Å². The first-order valence-electron chi connectivity index (χ1n) is 5.65. The van der Waals surface area contributed by atoms with Crippen LogP contribution in [0.5, 0.6) is 11.6 Å². The Bertz CT molecular complexity index is 533. The third kappa shape index (κ3) is 3.11. The van der Waals surface area contributed by atoms with E-state index in [2.05, 4.69) is 16.9 Å². The average molecular weight is 264 g/mol. The van der Waals surface area contributed by atoms with Crippen LogP contribution in [0.1, 0.15) is 6.92 Å². The van der Waals surface area contributed by atoms with E-state index in [0.717, 1.165) is 12.4 Å². The molecule has 0 saturated heterocycles. The third-order valence-corrected chi connectivity index (χ3v) is 2.75. The van der Waals surface area contributed by atoms with Crippen LogP contribution in [-0.2, 0) is 0 Å². The number of rotatable bonds is 4. The Labute approximate surface area is 111 Å². The SMILES string of the molecule is CCN(C)c1cc(Oc2cccc(Cl)c2)ncn1. The molecule has 1 aromatic carbocycles. The fourth-order valence-corrected chi connectivity index (χ4v) is 1.59. The number of aromatic nitrogens is 2. The van der Waals surface area contributed by atoms with E-state index < -0.39 is 0 Å². The van der Waals surface area contributed by atoms with Crippen LogP contribution in [0, 0.1) is 0 Å². The first-order valence-corrected chi connectivity index (χ1v) is 6.03. The van der Waals surface area contributed by atoms with Crippen molar-refractivity contribution >= 4 is 17.4 Å². The van der Waals surface area contributed by atoms with Crippen LogP contribution in [-0.4, -0.2) is 23.6 Å². The molecule has 0 atom stereocenters. The summed E-state index contributed by atoms with van der Waals surface area (Å²) in [6, 6.07) is 9.00. The van der Waals surface area contributed by atoms with Crippen LogP contribution in [0.4, 0.5) is 5.82 Å². The first kappa shape index (κ1) is 12.6. The van der Waals surface area contributed by atoms with Crippen molar-refractivity contribution in [2.45, 2.75) is 6.92 Å². The third-order valence-electron chi connectivity index (χ3n) is 2.51. The summed E-state index contributed by atoms with van der Waals surface area (Å²) < 4.78 is 5.63. The zero-order chi connectivity index (χ0) is 13.0. The van der Waals surface area contributed by atoms with Gasteiger partial charge in [0.2, 0.25) is 5.88 Å². The fourth-order valence-electron chi connectivity index (χ4n) is 1.41. The Morgan fingerprint density at radius 2 is 2.11 bits per heavy atom.